The highest BCUT2D eigenvalue weighted by Crippen LogP contribution is 2.16. The first-order chi connectivity index (χ1) is 5.24. The van der Waals surface area contributed by atoms with Crippen molar-refractivity contribution in [3.8, 4) is 0 Å². The number of hydrogen-bond donors (Lipinski definition) is 1. The quantitative estimate of drug-likeness (QED) is 0.642. The van der Waals surface area contributed by atoms with E-state index in [9.17, 15) is 4.39 Å². The summed E-state index contributed by atoms with van der Waals surface area (Å²) in [5.74, 6) is -0.400. The molecule has 0 aliphatic heterocycles. The van der Waals surface area contributed by atoms with Crippen molar-refractivity contribution in [2.75, 3.05) is 0 Å². The van der Waals surface area contributed by atoms with Gasteiger partial charge in [-0.05, 0) is 29.2 Å². The summed E-state index contributed by atoms with van der Waals surface area (Å²) in [5, 5.41) is 1.71. The first-order valence-corrected chi connectivity index (χ1v) is 3.89. The van der Waals surface area contributed by atoms with E-state index in [1.807, 2.05) is 0 Å². The van der Waals surface area contributed by atoms with Crippen molar-refractivity contribution in [2.45, 2.75) is 0 Å². The Kier molecular flexibility index (Phi) is 2.97. The first-order valence-electron chi connectivity index (χ1n) is 3.00. The summed E-state index contributed by atoms with van der Waals surface area (Å²) in [6.45, 7) is 0. The number of rotatable bonds is 1. The molecular formula is C8H6ClFS. The van der Waals surface area contributed by atoms with Crippen LogP contribution in [0.1, 0.15) is 5.56 Å². The Morgan fingerprint density at radius 2 is 2.18 bits per heavy atom. The van der Waals surface area contributed by atoms with Gasteiger partial charge >= 0.3 is 0 Å². The van der Waals surface area contributed by atoms with E-state index >= 15 is 0 Å². The van der Waals surface area contributed by atoms with Crippen LogP contribution in [0.4, 0.5) is 4.39 Å². The van der Waals surface area contributed by atoms with Gasteiger partial charge in [-0.2, -0.15) is 12.6 Å². The lowest BCUT2D eigenvalue weighted by atomic mass is 10.2. The van der Waals surface area contributed by atoms with Gasteiger partial charge in [-0.25, -0.2) is 4.39 Å². The van der Waals surface area contributed by atoms with Crippen LogP contribution in [0.15, 0.2) is 23.6 Å². The molecule has 0 aromatic heterocycles. The van der Waals surface area contributed by atoms with Crippen molar-refractivity contribution in [3.05, 3.63) is 40.0 Å². The number of thiol groups is 1. The lowest BCUT2D eigenvalue weighted by molar-refractivity contribution is 0.628. The van der Waals surface area contributed by atoms with E-state index in [4.69, 9.17) is 11.6 Å². The third kappa shape index (κ3) is 2.24. The maximum atomic E-state index is 12.6. The van der Waals surface area contributed by atoms with Gasteiger partial charge in [-0.15, -0.1) is 0 Å². The van der Waals surface area contributed by atoms with Gasteiger partial charge in [0.25, 0.3) is 0 Å². The van der Waals surface area contributed by atoms with Gasteiger partial charge in [0.15, 0.2) is 0 Å². The standard InChI is InChI=1S/C8H6ClFS/c9-7-5-6(3-4-11)1-2-8(7)10/h1-5,11H/b4-3+. The molecule has 0 bridgehead atoms. The molecule has 0 saturated carbocycles. The summed E-state index contributed by atoms with van der Waals surface area (Å²) in [6.07, 6.45) is 1.73. The molecule has 0 radical (unpaired) electrons. The van der Waals surface area contributed by atoms with E-state index in [0.29, 0.717) is 0 Å². The molecule has 1 aromatic carbocycles. The number of hydrogen-bond acceptors (Lipinski definition) is 1. The van der Waals surface area contributed by atoms with E-state index < -0.39 is 5.82 Å². The van der Waals surface area contributed by atoms with Crippen molar-refractivity contribution in [1.82, 2.24) is 0 Å². The Labute approximate surface area is 75.1 Å². The van der Waals surface area contributed by atoms with Crippen LogP contribution in [-0.4, -0.2) is 0 Å². The molecule has 0 N–H and O–H groups in total. The largest absolute Gasteiger partial charge is 0.205 e. The minimum Gasteiger partial charge on any atom is -0.205 e. The van der Waals surface area contributed by atoms with Crippen LogP contribution in [0, 0.1) is 5.82 Å². The summed E-state index contributed by atoms with van der Waals surface area (Å²) in [6, 6.07) is 4.50. The van der Waals surface area contributed by atoms with Crippen LogP contribution in [-0.2, 0) is 0 Å². The maximum Gasteiger partial charge on any atom is 0.141 e. The van der Waals surface area contributed by atoms with Gasteiger partial charge < -0.3 is 0 Å². The van der Waals surface area contributed by atoms with Crippen LogP contribution in [0.2, 0.25) is 5.02 Å². The zero-order chi connectivity index (χ0) is 8.27. The Balaban J connectivity index is 3.05. The predicted molar refractivity (Wildman–Crippen MR) is 49.4 cm³/mol. The minimum atomic E-state index is -0.400. The third-order valence-corrected chi connectivity index (χ3v) is 1.65. The molecule has 0 fully saturated rings. The lowest BCUT2D eigenvalue weighted by Gasteiger charge is -1.94. The zero-order valence-corrected chi connectivity index (χ0v) is 7.24. The maximum absolute atomic E-state index is 12.6. The SMILES string of the molecule is Fc1ccc(/C=C/S)cc1Cl. The summed E-state index contributed by atoms with van der Waals surface area (Å²) in [4.78, 5) is 0. The number of benzene rings is 1. The van der Waals surface area contributed by atoms with Crippen molar-refractivity contribution in [1.29, 1.82) is 0 Å². The van der Waals surface area contributed by atoms with Gasteiger partial charge in [0, 0.05) is 0 Å². The van der Waals surface area contributed by atoms with Crippen molar-refractivity contribution in [2.24, 2.45) is 0 Å². The molecule has 0 nitrogen and oxygen atoms in total. The molecule has 0 unspecified atom stereocenters. The fraction of sp³-hybridized carbons (Fsp3) is 0. The average Bonchev–Trinajstić information content (AvgIpc) is 1.98. The van der Waals surface area contributed by atoms with Crippen LogP contribution >= 0.6 is 24.2 Å². The smallest absolute Gasteiger partial charge is 0.141 e. The summed E-state index contributed by atoms with van der Waals surface area (Å²) in [7, 11) is 0. The normalized spacial score (nSPS) is 10.8. The van der Waals surface area contributed by atoms with E-state index in [1.165, 1.54) is 6.07 Å². The van der Waals surface area contributed by atoms with Crippen LogP contribution in [0.25, 0.3) is 6.08 Å². The molecule has 1 aromatic rings. The van der Waals surface area contributed by atoms with E-state index in [1.54, 1.807) is 23.6 Å². The molecule has 0 saturated heterocycles. The van der Waals surface area contributed by atoms with Gasteiger partial charge in [0.1, 0.15) is 5.82 Å². The van der Waals surface area contributed by atoms with Crippen molar-refractivity contribution in [3.63, 3.8) is 0 Å². The molecule has 0 amide bonds. The summed E-state index contributed by atoms with van der Waals surface area (Å²) in [5.41, 5.74) is 0.839. The Morgan fingerprint density at radius 3 is 2.73 bits per heavy atom. The molecule has 0 spiro atoms. The molecule has 0 aliphatic carbocycles. The van der Waals surface area contributed by atoms with Gasteiger partial charge in [0.2, 0.25) is 0 Å². The van der Waals surface area contributed by atoms with Gasteiger partial charge in [0.05, 0.1) is 5.02 Å². The molecule has 0 atom stereocenters. The molecule has 3 heteroatoms. The molecule has 0 aliphatic rings. The minimum absolute atomic E-state index is 0.133. The lowest BCUT2D eigenvalue weighted by Crippen LogP contribution is -1.77. The highest BCUT2D eigenvalue weighted by Gasteiger charge is 1.97. The molecule has 0 heterocycles. The average molecular weight is 189 g/mol. The van der Waals surface area contributed by atoms with Crippen LogP contribution < -0.4 is 0 Å². The fourth-order valence-electron chi connectivity index (χ4n) is 0.702. The Hall–Kier alpha value is -0.470. The van der Waals surface area contributed by atoms with E-state index in [-0.39, 0.29) is 5.02 Å². The van der Waals surface area contributed by atoms with Gasteiger partial charge in [-0.3, -0.25) is 0 Å². The molecule has 1 rings (SSSR count). The molecular weight excluding hydrogens is 183 g/mol. The monoisotopic (exact) mass is 188 g/mol. The predicted octanol–water partition coefficient (Wildman–Crippen LogP) is 3.38. The molecule has 11 heavy (non-hydrogen) atoms. The highest BCUT2D eigenvalue weighted by atomic mass is 35.5. The highest BCUT2D eigenvalue weighted by molar-refractivity contribution is 7.83. The first kappa shape index (κ1) is 8.62. The topological polar surface area (TPSA) is 0 Å². The second kappa shape index (κ2) is 3.79. The van der Waals surface area contributed by atoms with Gasteiger partial charge in [-0.1, -0.05) is 17.7 Å². The summed E-state index contributed by atoms with van der Waals surface area (Å²) >= 11 is 9.39. The van der Waals surface area contributed by atoms with Crippen molar-refractivity contribution < 1.29 is 4.39 Å². The summed E-state index contributed by atoms with van der Waals surface area (Å²) < 4.78 is 12.6. The fourth-order valence-corrected chi connectivity index (χ4v) is 1.06. The Morgan fingerprint density at radius 1 is 1.45 bits per heavy atom. The molecule has 58 valence electrons. The van der Waals surface area contributed by atoms with E-state index in [2.05, 4.69) is 12.6 Å². The second-order valence-corrected chi connectivity index (χ2v) is 2.69. The zero-order valence-electron chi connectivity index (χ0n) is 5.59. The van der Waals surface area contributed by atoms with Crippen LogP contribution in [0.5, 0.6) is 0 Å². The second-order valence-electron chi connectivity index (χ2n) is 1.99. The van der Waals surface area contributed by atoms with E-state index in [0.717, 1.165) is 5.56 Å². The Bertz CT molecular complexity index is 283. The van der Waals surface area contributed by atoms with Crippen molar-refractivity contribution >= 4 is 30.3 Å². The van der Waals surface area contributed by atoms with Crippen LogP contribution in [0.3, 0.4) is 0 Å². The third-order valence-electron chi connectivity index (χ3n) is 1.21. The number of halogens is 2.